The van der Waals surface area contributed by atoms with Gasteiger partial charge in [0, 0.05) is 6.42 Å². The third-order valence-electron chi connectivity index (χ3n) is 6.48. The first-order valence-corrected chi connectivity index (χ1v) is 13.4. The van der Waals surface area contributed by atoms with Crippen LogP contribution in [0, 0.1) is 0 Å². The van der Waals surface area contributed by atoms with Gasteiger partial charge in [0.2, 0.25) is 0 Å². The molecule has 0 aliphatic carbocycles. The van der Waals surface area contributed by atoms with Crippen molar-refractivity contribution in [3.05, 3.63) is 137 Å². The molecule has 4 heteroatoms. The summed E-state index contributed by atoms with van der Waals surface area (Å²) >= 11 is 1.75. The monoisotopic (exact) mass is 496 g/mol. The van der Waals surface area contributed by atoms with Crippen molar-refractivity contribution < 1.29 is 15.0 Å². The number of hydrogen-bond donors (Lipinski definition) is 2. The first-order valence-electron chi connectivity index (χ1n) is 12.4. The Balaban J connectivity index is 1.79. The van der Waals surface area contributed by atoms with Gasteiger partial charge in [0.1, 0.15) is 5.75 Å². The fourth-order valence-corrected chi connectivity index (χ4v) is 6.34. The van der Waals surface area contributed by atoms with Crippen molar-refractivity contribution in [3.63, 3.8) is 0 Å². The molecule has 0 amide bonds. The molecule has 0 atom stereocenters. The third kappa shape index (κ3) is 6.00. The number of aryl methyl sites for hydroxylation is 1. The largest absolute Gasteiger partial charge is 0.508 e. The number of benzene rings is 4. The van der Waals surface area contributed by atoms with Gasteiger partial charge >= 0.3 is 5.97 Å². The predicted molar refractivity (Wildman–Crippen MR) is 149 cm³/mol. The number of carbonyl (C=O) groups is 1. The predicted octanol–water partition coefficient (Wildman–Crippen LogP) is 7.46. The van der Waals surface area contributed by atoms with E-state index in [9.17, 15) is 15.0 Å². The Morgan fingerprint density at radius 3 is 1.86 bits per heavy atom. The second-order valence-corrected chi connectivity index (χ2v) is 10.2. The van der Waals surface area contributed by atoms with Gasteiger partial charge in [-0.15, -0.1) is 11.8 Å². The van der Waals surface area contributed by atoms with Gasteiger partial charge in [0.15, 0.2) is 0 Å². The van der Waals surface area contributed by atoms with Crippen LogP contribution in [0.2, 0.25) is 0 Å². The van der Waals surface area contributed by atoms with Crippen molar-refractivity contribution in [2.75, 3.05) is 5.75 Å². The van der Waals surface area contributed by atoms with Crippen LogP contribution in [0.4, 0.5) is 0 Å². The molecule has 4 rings (SSSR count). The lowest BCUT2D eigenvalue weighted by Crippen LogP contribution is -2.28. The Hall–Kier alpha value is -3.50. The van der Waals surface area contributed by atoms with Crippen LogP contribution in [-0.4, -0.2) is 21.9 Å². The molecule has 0 radical (unpaired) electrons. The Morgan fingerprint density at radius 1 is 0.694 bits per heavy atom. The number of aliphatic carboxylic acids is 1. The summed E-state index contributed by atoms with van der Waals surface area (Å²) in [4.78, 5) is 11.2. The van der Waals surface area contributed by atoms with E-state index in [2.05, 4.69) is 54.6 Å². The zero-order valence-electron chi connectivity index (χ0n) is 20.3. The van der Waals surface area contributed by atoms with E-state index >= 15 is 0 Å². The van der Waals surface area contributed by atoms with E-state index in [0.29, 0.717) is 17.9 Å². The lowest BCUT2D eigenvalue weighted by atomic mass is 9.80. The second-order valence-electron chi connectivity index (χ2n) is 8.90. The minimum Gasteiger partial charge on any atom is -0.508 e. The average Bonchev–Trinajstić information content (AvgIpc) is 2.91. The second kappa shape index (κ2) is 12.5. The quantitative estimate of drug-likeness (QED) is 0.158. The van der Waals surface area contributed by atoms with E-state index in [1.54, 1.807) is 17.8 Å². The number of carboxylic acids is 1. The number of carboxylic acid groups (broad SMARTS) is 1. The summed E-state index contributed by atoms with van der Waals surface area (Å²) < 4.78 is -0.582. The lowest BCUT2D eigenvalue weighted by molar-refractivity contribution is -0.137. The van der Waals surface area contributed by atoms with E-state index in [-0.39, 0.29) is 6.42 Å². The van der Waals surface area contributed by atoms with Crippen LogP contribution in [0.3, 0.4) is 0 Å². The van der Waals surface area contributed by atoms with E-state index < -0.39 is 10.7 Å². The van der Waals surface area contributed by atoms with Crippen LogP contribution >= 0.6 is 11.8 Å². The Labute approximate surface area is 217 Å². The van der Waals surface area contributed by atoms with Gasteiger partial charge in [0.05, 0.1) is 4.75 Å². The van der Waals surface area contributed by atoms with Gasteiger partial charge in [0.25, 0.3) is 0 Å². The Morgan fingerprint density at radius 2 is 1.28 bits per heavy atom. The molecule has 36 heavy (non-hydrogen) atoms. The highest BCUT2D eigenvalue weighted by atomic mass is 32.2. The smallest absolute Gasteiger partial charge is 0.303 e. The summed E-state index contributed by atoms with van der Waals surface area (Å²) in [6.07, 6.45) is 3.30. The molecule has 0 bridgehead atoms. The number of hydrogen-bond acceptors (Lipinski definition) is 3. The van der Waals surface area contributed by atoms with E-state index in [1.807, 2.05) is 48.5 Å². The van der Waals surface area contributed by atoms with Crippen molar-refractivity contribution in [2.24, 2.45) is 0 Å². The Kier molecular flexibility index (Phi) is 8.85. The topological polar surface area (TPSA) is 57.5 Å². The molecule has 0 saturated heterocycles. The van der Waals surface area contributed by atoms with Gasteiger partial charge in [-0.2, -0.15) is 0 Å². The summed E-state index contributed by atoms with van der Waals surface area (Å²) in [6, 6.07) is 37.0. The molecule has 0 spiro atoms. The fourth-order valence-electron chi connectivity index (χ4n) is 4.80. The maximum Gasteiger partial charge on any atom is 0.303 e. The van der Waals surface area contributed by atoms with Crippen molar-refractivity contribution in [2.45, 2.75) is 36.9 Å². The first kappa shape index (κ1) is 25.6. The summed E-state index contributed by atoms with van der Waals surface area (Å²) in [6.45, 7) is 0. The molecule has 3 nitrogen and oxygen atoms in total. The normalized spacial score (nSPS) is 11.3. The molecule has 0 fully saturated rings. The summed E-state index contributed by atoms with van der Waals surface area (Å²) in [5.74, 6) is 0.206. The molecule has 184 valence electrons. The Bertz CT molecular complexity index is 1200. The first-order chi connectivity index (χ1) is 17.6. The van der Waals surface area contributed by atoms with Crippen LogP contribution in [0.1, 0.15) is 47.1 Å². The molecule has 0 heterocycles. The number of rotatable bonds is 12. The number of aromatic hydroxyl groups is 1. The zero-order chi connectivity index (χ0) is 25.2. The van der Waals surface area contributed by atoms with Crippen molar-refractivity contribution in [3.8, 4) is 5.75 Å². The maximum absolute atomic E-state index is 11.2. The molecule has 0 saturated carbocycles. The van der Waals surface area contributed by atoms with Crippen LogP contribution < -0.4 is 0 Å². The van der Waals surface area contributed by atoms with Gasteiger partial charge in [-0.05, 0) is 65.3 Å². The third-order valence-corrected chi connectivity index (χ3v) is 8.10. The number of phenols is 1. The number of phenolic OH excluding ortho intramolecular Hbond substituents is 1. The van der Waals surface area contributed by atoms with Gasteiger partial charge in [-0.1, -0.05) is 103 Å². The molecule has 4 aromatic carbocycles. The maximum atomic E-state index is 11.2. The lowest BCUT2D eigenvalue weighted by Gasteiger charge is -2.37. The fraction of sp³-hybridized carbons (Fsp3) is 0.219. The van der Waals surface area contributed by atoms with Crippen LogP contribution in [-0.2, 0) is 22.4 Å². The molecule has 0 unspecified atom stereocenters. The van der Waals surface area contributed by atoms with Gasteiger partial charge < -0.3 is 10.2 Å². The average molecular weight is 497 g/mol. The van der Waals surface area contributed by atoms with E-state index in [4.69, 9.17) is 0 Å². The summed E-state index contributed by atoms with van der Waals surface area (Å²) in [5.41, 5.74) is 5.54. The number of thioether (sulfide) groups is 1. The molecular weight excluding hydrogens is 464 g/mol. The molecule has 0 aromatic heterocycles. The van der Waals surface area contributed by atoms with Crippen LogP contribution in [0.15, 0.2) is 109 Å². The highest BCUT2D eigenvalue weighted by Gasteiger charge is 2.39. The minimum absolute atomic E-state index is 0.136. The van der Waals surface area contributed by atoms with E-state index in [0.717, 1.165) is 41.5 Å². The van der Waals surface area contributed by atoms with Gasteiger partial charge in [-0.3, -0.25) is 4.79 Å². The molecule has 0 aliphatic heterocycles. The SMILES string of the molecule is O=C(O)CCCSC(c1ccccc1)(c1ccccc1)c1cccc(O)c1CCCc1ccccc1. The summed E-state index contributed by atoms with van der Waals surface area (Å²) in [5, 5.41) is 20.3. The van der Waals surface area contributed by atoms with Crippen molar-refractivity contribution in [1.29, 1.82) is 0 Å². The minimum atomic E-state index is -0.778. The highest BCUT2D eigenvalue weighted by Crippen LogP contribution is 2.51. The van der Waals surface area contributed by atoms with Crippen molar-refractivity contribution in [1.82, 2.24) is 0 Å². The summed E-state index contributed by atoms with van der Waals surface area (Å²) in [7, 11) is 0. The van der Waals surface area contributed by atoms with Crippen molar-refractivity contribution >= 4 is 17.7 Å². The highest BCUT2D eigenvalue weighted by molar-refractivity contribution is 8.00. The zero-order valence-corrected chi connectivity index (χ0v) is 21.2. The van der Waals surface area contributed by atoms with E-state index in [1.165, 1.54) is 5.56 Å². The molecule has 4 aromatic rings. The molecule has 0 aliphatic rings. The van der Waals surface area contributed by atoms with Crippen LogP contribution in [0.5, 0.6) is 5.75 Å². The molecular formula is C32H32O3S. The molecule has 2 N–H and O–H groups in total. The standard InChI is InChI=1S/C32H32O3S/c33-30-22-11-21-29(28(30)20-10-15-25-13-4-1-5-14-25)32(26-16-6-2-7-17-26,27-18-8-3-9-19-27)36-24-12-23-31(34)35/h1-9,11,13-14,16-19,21-22,33H,10,12,15,20,23-24H2,(H,34,35). The van der Waals surface area contributed by atoms with Gasteiger partial charge in [-0.25, -0.2) is 0 Å². The van der Waals surface area contributed by atoms with Crippen LogP contribution in [0.25, 0.3) is 0 Å².